The van der Waals surface area contributed by atoms with Crippen molar-refractivity contribution in [3.8, 4) is 0 Å². The van der Waals surface area contributed by atoms with E-state index >= 15 is 0 Å². The Balaban J connectivity index is 4.06. The number of ether oxygens (including phenoxy) is 2. The van der Waals surface area contributed by atoms with E-state index in [4.69, 9.17) is 24.3 Å². The van der Waals surface area contributed by atoms with Crippen molar-refractivity contribution in [2.45, 2.75) is 174 Å². The van der Waals surface area contributed by atoms with Crippen molar-refractivity contribution in [2.24, 2.45) is 5.73 Å². The van der Waals surface area contributed by atoms with Gasteiger partial charge in [0.05, 0.1) is 19.8 Å². The van der Waals surface area contributed by atoms with Crippen LogP contribution >= 0.6 is 7.82 Å². The second-order valence-corrected chi connectivity index (χ2v) is 13.5. The van der Waals surface area contributed by atoms with Gasteiger partial charge in [-0.25, -0.2) is 4.57 Å². The number of phosphoric ester groups is 1. The first-order chi connectivity index (χ1) is 21.4. The maximum absolute atomic E-state index is 12.4. The minimum absolute atomic E-state index is 0.0940. The van der Waals surface area contributed by atoms with Crippen LogP contribution in [0.1, 0.15) is 168 Å². The average molecular weight is 648 g/mol. The molecule has 3 N–H and O–H groups in total. The van der Waals surface area contributed by atoms with Crippen molar-refractivity contribution in [3.05, 3.63) is 12.2 Å². The zero-order valence-corrected chi connectivity index (χ0v) is 29.6. The minimum Gasteiger partial charge on any atom is -0.457 e. The van der Waals surface area contributed by atoms with Crippen LogP contribution in [0.25, 0.3) is 0 Å². The lowest BCUT2D eigenvalue weighted by atomic mass is 10.1. The van der Waals surface area contributed by atoms with Crippen LogP contribution < -0.4 is 5.73 Å². The maximum atomic E-state index is 12.4. The topological polar surface area (TPSA) is 117 Å². The number of unbranched alkanes of at least 4 members (excludes halogenated alkanes) is 20. The summed E-state index contributed by atoms with van der Waals surface area (Å²) in [6, 6.07) is 0. The fourth-order valence-corrected chi connectivity index (χ4v) is 5.76. The van der Waals surface area contributed by atoms with Crippen molar-refractivity contribution in [3.63, 3.8) is 0 Å². The van der Waals surface area contributed by atoms with Crippen molar-refractivity contribution in [1.82, 2.24) is 0 Å². The van der Waals surface area contributed by atoms with Gasteiger partial charge < -0.3 is 20.1 Å². The molecule has 8 nitrogen and oxygen atoms in total. The van der Waals surface area contributed by atoms with Crippen LogP contribution in [0.15, 0.2) is 12.2 Å². The number of carbonyl (C=O) groups is 1. The summed E-state index contributed by atoms with van der Waals surface area (Å²) in [5, 5.41) is 0. The van der Waals surface area contributed by atoms with Crippen molar-refractivity contribution < 1.29 is 32.8 Å². The molecule has 0 aromatic carbocycles. The van der Waals surface area contributed by atoms with Gasteiger partial charge in [0.25, 0.3) is 0 Å². The molecule has 0 saturated heterocycles. The standard InChI is InChI=1S/C35H70NO7P/c1-3-5-7-9-11-13-14-15-16-17-18-19-21-23-25-27-30-40-32-34(33-42-44(38,39)41-31-29-36)43-35(37)28-26-24-22-20-12-10-8-6-4-2/h15-16,34H,3-14,17-33,36H2,1-2H3,(H,38,39)/b16-15-. The monoisotopic (exact) mass is 647 g/mol. The molecule has 0 aromatic rings. The average Bonchev–Trinajstić information content (AvgIpc) is 3.01. The van der Waals surface area contributed by atoms with E-state index in [-0.39, 0.29) is 32.3 Å². The van der Waals surface area contributed by atoms with Crippen LogP contribution in [-0.4, -0.2) is 49.9 Å². The van der Waals surface area contributed by atoms with Gasteiger partial charge in [-0.3, -0.25) is 13.8 Å². The van der Waals surface area contributed by atoms with E-state index in [2.05, 4.69) is 26.0 Å². The van der Waals surface area contributed by atoms with Crippen LogP contribution in [0.5, 0.6) is 0 Å². The molecule has 0 bridgehead atoms. The molecule has 0 aliphatic rings. The van der Waals surface area contributed by atoms with E-state index in [1.54, 1.807) is 0 Å². The largest absolute Gasteiger partial charge is 0.472 e. The molecule has 0 aromatic heterocycles. The third kappa shape index (κ3) is 32.6. The molecule has 0 heterocycles. The van der Waals surface area contributed by atoms with Gasteiger partial charge in [-0.05, 0) is 38.5 Å². The molecular weight excluding hydrogens is 577 g/mol. The number of rotatable bonds is 35. The molecule has 2 atom stereocenters. The van der Waals surface area contributed by atoms with Crippen LogP contribution in [0.2, 0.25) is 0 Å². The second kappa shape index (κ2) is 33.6. The Kier molecular flexibility index (Phi) is 33.0. The molecular formula is C35H70NO7P. The highest BCUT2D eigenvalue weighted by Gasteiger charge is 2.25. The van der Waals surface area contributed by atoms with Gasteiger partial charge in [0.2, 0.25) is 0 Å². The Morgan fingerprint density at radius 1 is 0.659 bits per heavy atom. The zero-order chi connectivity index (χ0) is 32.4. The van der Waals surface area contributed by atoms with Gasteiger partial charge in [0.1, 0.15) is 6.10 Å². The van der Waals surface area contributed by atoms with E-state index in [1.807, 2.05) is 0 Å². The van der Waals surface area contributed by atoms with E-state index in [9.17, 15) is 14.3 Å². The number of phosphoric acid groups is 1. The third-order valence-electron chi connectivity index (χ3n) is 7.68. The number of nitrogens with two attached hydrogens (primary N) is 1. The van der Waals surface area contributed by atoms with E-state index in [0.29, 0.717) is 13.0 Å². The molecule has 9 heteroatoms. The molecule has 0 rings (SSSR count). The van der Waals surface area contributed by atoms with Gasteiger partial charge in [-0.2, -0.15) is 0 Å². The van der Waals surface area contributed by atoms with Gasteiger partial charge in [0, 0.05) is 19.6 Å². The molecule has 0 saturated carbocycles. The molecule has 0 aliphatic carbocycles. The quantitative estimate of drug-likeness (QED) is 0.0302. The van der Waals surface area contributed by atoms with Crippen LogP contribution in [0.3, 0.4) is 0 Å². The highest BCUT2D eigenvalue weighted by molar-refractivity contribution is 7.47. The van der Waals surface area contributed by atoms with Gasteiger partial charge in [0.15, 0.2) is 0 Å². The van der Waals surface area contributed by atoms with Crippen molar-refractivity contribution >= 4 is 13.8 Å². The number of allylic oxidation sites excluding steroid dienone is 2. The summed E-state index contributed by atoms with van der Waals surface area (Å²) < 4.78 is 33.2. The molecule has 0 amide bonds. The Hall–Kier alpha value is -0.760. The second-order valence-electron chi connectivity index (χ2n) is 12.1. The normalized spacial score (nSPS) is 13.8. The van der Waals surface area contributed by atoms with Crippen molar-refractivity contribution in [2.75, 3.05) is 33.0 Å². The van der Waals surface area contributed by atoms with Crippen molar-refractivity contribution in [1.29, 1.82) is 0 Å². The molecule has 2 unspecified atom stereocenters. The van der Waals surface area contributed by atoms with E-state index in [1.165, 1.54) is 116 Å². The fourth-order valence-electron chi connectivity index (χ4n) is 4.99. The van der Waals surface area contributed by atoms with Crippen LogP contribution in [-0.2, 0) is 27.9 Å². The summed E-state index contributed by atoms with van der Waals surface area (Å²) in [6.45, 7) is 4.89. The highest BCUT2D eigenvalue weighted by Crippen LogP contribution is 2.43. The van der Waals surface area contributed by atoms with E-state index in [0.717, 1.165) is 32.1 Å². The summed E-state index contributed by atoms with van der Waals surface area (Å²) in [5.41, 5.74) is 5.34. The number of hydrogen-bond acceptors (Lipinski definition) is 7. The SMILES string of the molecule is CCCCCCCC/C=C\CCCCCCCCOCC(COP(=O)(O)OCCN)OC(=O)CCCCCCCCCCC. The zero-order valence-electron chi connectivity index (χ0n) is 28.7. The first kappa shape index (κ1) is 43.2. The van der Waals surface area contributed by atoms with Crippen LogP contribution in [0.4, 0.5) is 0 Å². The lowest BCUT2D eigenvalue weighted by molar-refractivity contribution is -0.154. The maximum Gasteiger partial charge on any atom is 0.472 e. The highest BCUT2D eigenvalue weighted by atomic mass is 31.2. The van der Waals surface area contributed by atoms with Gasteiger partial charge in [-0.1, -0.05) is 135 Å². The number of esters is 1. The first-order valence-corrected chi connectivity index (χ1v) is 19.7. The third-order valence-corrected chi connectivity index (χ3v) is 8.67. The predicted molar refractivity (Wildman–Crippen MR) is 183 cm³/mol. The van der Waals surface area contributed by atoms with Gasteiger partial charge >= 0.3 is 13.8 Å². The molecule has 0 radical (unpaired) electrons. The summed E-state index contributed by atoms with van der Waals surface area (Å²) in [6.07, 6.45) is 32.2. The number of hydrogen-bond donors (Lipinski definition) is 2. The van der Waals surface area contributed by atoms with Gasteiger partial charge in [-0.15, -0.1) is 0 Å². The molecule has 262 valence electrons. The summed E-state index contributed by atoms with van der Waals surface area (Å²) in [7, 11) is -4.26. The Morgan fingerprint density at radius 3 is 1.66 bits per heavy atom. The smallest absolute Gasteiger partial charge is 0.457 e. The summed E-state index contributed by atoms with van der Waals surface area (Å²) in [4.78, 5) is 22.3. The minimum atomic E-state index is -4.26. The number of carbonyl (C=O) groups excluding carboxylic acids is 1. The Labute approximate surface area is 271 Å². The molecule has 0 aliphatic heterocycles. The predicted octanol–water partition coefficient (Wildman–Crippen LogP) is 9.97. The van der Waals surface area contributed by atoms with Crippen LogP contribution in [0, 0.1) is 0 Å². The lowest BCUT2D eigenvalue weighted by Crippen LogP contribution is -2.28. The molecule has 44 heavy (non-hydrogen) atoms. The summed E-state index contributed by atoms with van der Waals surface area (Å²) in [5.74, 6) is -0.335. The summed E-state index contributed by atoms with van der Waals surface area (Å²) >= 11 is 0. The lowest BCUT2D eigenvalue weighted by Gasteiger charge is -2.20. The fraction of sp³-hybridized carbons (Fsp3) is 0.914. The van der Waals surface area contributed by atoms with E-state index < -0.39 is 13.9 Å². The first-order valence-electron chi connectivity index (χ1n) is 18.2. The Morgan fingerprint density at radius 2 is 1.14 bits per heavy atom. The molecule has 0 fully saturated rings. The Bertz CT molecular complexity index is 692. The molecule has 0 spiro atoms.